The number of halogens is 3. The number of methoxy groups -OCH3 is 1. The van der Waals surface area contributed by atoms with Crippen molar-refractivity contribution in [3.8, 4) is 0 Å². The molecular formula is C43H51F3N6O11. The van der Waals surface area contributed by atoms with Gasteiger partial charge in [-0.05, 0) is 68.1 Å². The number of imide groups is 1. The number of rotatable bonds is 22. The molecule has 1 unspecified atom stereocenters. The molecule has 0 spiro atoms. The molecule has 1 aliphatic rings. The van der Waals surface area contributed by atoms with Crippen LogP contribution in [0.5, 0.6) is 0 Å². The van der Waals surface area contributed by atoms with Gasteiger partial charge in [-0.15, -0.1) is 0 Å². The second-order valence-electron chi connectivity index (χ2n) is 15.9. The summed E-state index contributed by atoms with van der Waals surface area (Å²) < 4.78 is 58.2. The normalized spacial score (nSPS) is 14.4. The van der Waals surface area contributed by atoms with Gasteiger partial charge in [-0.3, -0.25) is 43.4 Å². The fourth-order valence-electron chi connectivity index (χ4n) is 6.33. The third-order valence-electron chi connectivity index (χ3n) is 10.4. The van der Waals surface area contributed by atoms with Gasteiger partial charge in [-0.1, -0.05) is 26.8 Å². The lowest BCUT2D eigenvalue weighted by atomic mass is 9.86. The van der Waals surface area contributed by atoms with Crippen molar-refractivity contribution in [2.24, 2.45) is 5.41 Å². The molecule has 17 nitrogen and oxygen atoms in total. The first-order chi connectivity index (χ1) is 29.5. The molecule has 0 bridgehead atoms. The Bertz CT molecular complexity index is 2270. The summed E-state index contributed by atoms with van der Waals surface area (Å²) in [5.74, 6) is -6.32. The Morgan fingerprint density at radius 1 is 0.857 bits per heavy atom. The molecular weight excluding hydrogens is 833 g/mol. The molecule has 4 rings (SSSR count). The van der Waals surface area contributed by atoms with Gasteiger partial charge in [0.2, 0.25) is 5.95 Å². The maximum atomic E-state index is 13.7. The zero-order valence-corrected chi connectivity index (χ0v) is 35.6. The molecule has 3 aromatic rings. The lowest BCUT2D eigenvalue weighted by Gasteiger charge is -2.41. The standard InChI is InChI=1S/C43H51F3N6O11/c1-41(2,3)42(4,63-23-7-9-30(54)20-21-51-34(55)18-19-35(51)56)62-22-6-8-29(53)15-17-33(38(59)61-5)48-36(57)27-11-13-28(14-12-27)52(39(60)43(44,45)46)25-26-10-16-32-31(24-26)37(58)50-40(47)49-32/h10-14,16,18-19,24,33H,6-9,15,17,20-23,25H2,1-5H3,(H,48,57)(H3,47,49,50,58)/t33-,42?/m0/s1. The van der Waals surface area contributed by atoms with Gasteiger partial charge in [0.15, 0.2) is 5.79 Å². The number of nitrogens with one attached hydrogen (secondary N) is 2. The number of benzene rings is 2. The minimum Gasteiger partial charge on any atom is -0.467 e. The van der Waals surface area contributed by atoms with Gasteiger partial charge < -0.3 is 30.2 Å². The number of hydrogen-bond donors (Lipinski definition) is 3. The molecule has 0 radical (unpaired) electrons. The van der Waals surface area contributed by atoms with E-state index in [2.05, 4.69) is 15.3 Å². The number of nitrogens with zero attached hydrogens (tertiary/aromatic N) is 3. The zero-order valence-electron chi connectivity index (χ0n) is 35.6. The average molecular weight is 885 g/mol. The maximum Gasteiger partial charge on any atom is 0.471 e. The number of nitrogens with two attached hydrogens (primary N) is 1. The maximum absolute atomic E-state index is 13.7. The number of aromatic amines is 1. The number of hydrogen-bond acceptors (Lipinski definition) is 13. The Morgan fingerprint density at radius 2 is 1.44 bits per heavy atom. The average Bonchev–Trinajstić information content (AvgIpc) is 3.55. The van der Waals surface area contributed by atoms with E-state index in [1.54, 1.807) is 6.92 Å². The molecule has 2 atom stereocenters. The molecule has 4 amide bonds. The highest BCUT2D eigenvalue weighted by Gasteiger charge is 2.43. The van der Waals surface area contributed by atoms with Crippen molar-refractivity contribution in [1.82, 2.24) is 20.2 Å². The van der Waals surface area contributed by atoms with Crippen molar-refractivity contribution >= 4 is 63.7 Å². The van der Waals surface area contributed by atoms with Crippen molar-refractivity contribution in [2.75, 3.05) is 37.5 Å². The summed E-state index contributed by atoms with van der Waals surface area (Å²) in [6.07, 6.45) is -2.21. The van der Waals surface area contributed by atoms with Crippen LogP contribution in [0.1, 0.15) is 88.6 Å². The van der Waals surface area contributed by atoms with Gasteiger partial charge >= 0.3 is 18.1 Å². The highest BCUT2D eigenvalue weighted by molar-refractivity contribution is 6.13. The first-order valence-corrected chi connectivity index (χ1v) is 20.0. The number of amides is 4. The minimum atomic E-state index is -5.27. The van der Waals surface area contributed by atoms with Crippen LogP contribution in [0.15, 0.2) is 59.4 Å². The molecule has 63 heavy (non-hydrogen) atoms. The van der Waals surface area contributed by atoms with E-state index >= 15 is 0 Å². The summed E-state index contributed by atoms with van der Waals surface area (Å²) in [6.45, 7) is 7.23. The minimum absolute atomic E-state index is 0.0139. The topological polar surface area (TPSA) is 237 Å². The van der Waals surface area contributed by atoms with E-state index < -0.39 is 65.1 Å². The van der Waals surface area contributed by atoms with Gasteiger partial charge in [0.1, 0.15) is 17.6 Å². The molecule has 0 saturated heterocycles. The molecule has 340 valence electrons. The monoisotopic (exact) mass is 884 g/mol. The number of nitrogen functional groups attached to an aromatic ring is 1. The largest absolute Gasteiger partial charge is 0.471 e. The molecule has 4 N–H and O–H groups in total. The predicted molar refractivity (Wildman–Crippen MR) is 222 cm³/mol. The summed E-state index contributed by atoms with van der Waals surface area (Å²) in [7, 11) is 1.10. The van der Waals surface area contributed by atoms with E-state index in [0.717, 1.165) is 48.4 Å². The van der Waals surface area contributed by atoms with Crippen LogP contribution in [0, 0.1) is 5.41 Å². The summed E-state index contributed by atoms with van der Waals surface area (Å²) >= 11 is 0. The quantitative estimate of drug-likeness (QED) is 0.0548. The van der Waals surface area contributed by atoms with E-state index in [0.29, 0.717) is 17.7 Å². The number of Topliss-reactive ketones (excluding diaryl/α,β-unsaturated/α-hetero) is 2. The van der Waals surface area contributed by atoms with E-state index in [1.165, 1.54) is 18.2 Å². The molecule has 0 fully saturated rings. The fourth-order valence-corrected chi connectivity index (χ4v) is 6.33. The Hall–Kier alpha value is -6.28. The third-order valence-corrected chi connectivity index (χ3v) is 10.4. The molecule has 2 aromatic carbocycles. The van der Waals surface area contributed by atoms with E-state index in [1.807, 2.05) is 20.8 Å². The van der Waals surface area contributed by atoms with Crippen molar-refractivity contribution in [3.63, 3.8) is 0 Å². The fraction of sp³-hybridized carbons (Fsp3) is 0.465. The first-order valence-electron chi connectivity index (χ1n) is 20.0. The molecule has 1 aliphatic heterocycles. The summed E-state index contributed by atoms with van der Waals surface area (Å²) in [5.41, 5.74) is 4.50. The van der Waals surface area contributed by atoms with Crippen molar-refractivity contribution in [1.29, 1.82) is 0 Å². The van der Waals surface area contributed by atoms with Crippen molar-refractivity contribution in [2.45, 2.75) is 97.2 Å². The smallest absolute Gasteiger partial charge is 0.467 e. The van der Waals surface area contributed by atoms with Crippen molar-refractivity contribution < 1.29 is 60.9 Å². The van der Waals surface area contributed by atoms with Crippen LogP contribution in [-0.2, 0) is 49.5 Å². The number of ketones is 2. The van der Waals surface area contributed by atoms with Gasteiger partial charge in [0.25, 0.3) is 23.3 Å². The number of alkyl halides is 3. The summed E-state index contributed by atoms with van der Waals surface area (Å²) in [5, 5.41) is 2.53. The first kappa shape index (κ1) is 49.4. The highest BCUT2D eigenvalue weighted by Crippen LogP contribution is 2.35. The SMILES string of the molecule is COC(=O)[C@H](CCC(=O)CCCOC(C)(OCCCC(=O)CCN1C(=O)C=CC1=O)C(C)(C)C)NC(=O)c1ccc(N(Cc2ccc3nc(N)[nH]c(=O)c3c2)C(=O)C(F)(F)F)cc1. The molecule has 20 heteroatoms. The van der Waals surface area contributed by atoms with Crippen LogP contribution in [0.3, 0.4) is 0 Å². The van der Waals surface area contributed by atoms with Crippen LogP contribution in [-0.4, -0.2) is 101 Å². The van der Waals surface area contributed by atoms with Crippen LogP contribution in [0.25, 0.3) is 10.9 Å². The number of ether oxygens (including phenoxy) is 3. The van der Waals surface area contributed by atoms with Gasteiger partial charge in [0.05, 0.1) is 37.8 Å². The molecule has 2 heterocycles. The van der Waals surface area contributed by atoms with Crippen LogP contribution >= 0.6 is 0 Å². The Kier molecular flexibility index (Phi) is 16.6. The van der Waals surface area contributed by atoms with Gasteiger partial charge in [-0.25, -0.2) is 9.78 Å². The number of carbonyl (C=O) groups excluding carboxylic acids is 7. The lowest BCUT2D eigenvalue weighted by molar-refractivity contribution is -0.278. The second-order valence-corrected chi connectivity index (χ2v) is 15.9. The number of esters is 1. The van der Waals surface area contributed by atoms with Gasteiger partial charge in [-0.2, -0.15) is 13.2 Å². The van der Waals surface area contributed by atoms with E-state index in [4.69, 9.17) is 19.9 Å². The van der Waals surface area contributed by atoms with E-state index in [9.17, 15) is 51.5 Å². The predicted octanol–water partition coefficient (Wildman–Crippen LogP) is 4.46. The molecule has 0 aliphatic carbocycles. The lowest BCUT2D eigenvalue weighted by Crippen LogP contribution is -2.45. The number of fused-ring (bicyclic) bond motifs is 1. The third kappa shape index (κ3) is 13.6. The number of H-pyrrole nitrogens is 1. The summed E-state index contributed by atoms with van der Waals surface area (Å²) in [4.78, 5) is 107. The number of carbonyl (C=O) groups is 7. The van der Waals surface area contributed by atoms with Crippen LogP contribution in [0.2, 0.25) is 0 Å². The van der Waals surface area contributed by atoms with Gasteiger partial charge in [0, 0.05) is 61.0 Å². The summed E-state index contributed by atoms with van der Waals surface area (Å²) in [6, 6.07) is 7.37. The number of aromatic nitrogens is 2. The highest BCUT2D eigenvalue weighted by atomic mass is 19.4. The zero-order chi connectivity index (χ0) is 46.7. The van der Waals surface area contributed by atoms with Crippen LogP contribution < -0.4 is 21.5 Å². The Morgan fingerprint density at radius 3 is 2.00 bits per heavy atom. The Labute approximate surface area is 360 Å². The second kappa shape index (κ2) is 21.2. The molecule has 0 saturated carbocycles. The molecule has 1 aromatic heterocycles. The van der Waals surface area contributed by atoms with Crippen molar-refractivity contribution in [3.05, 3.63) is 76.1 Å². The number of anilines is 2. The van der Waals surface area contributed by atoms with E-state index in [-0.39, 0.29) is 97.1 Å². The Balaban J connectivity index is 1.28. The van der Waals surface area contributed by atoms with Crippen LogP contribution in [0.4, 0.5) is 24.8 Å².